The second-order valence-corrected chi connectivity index (χ2v) is 6.78. The van der Waals surface area contributed by atoms with Crippen LogP contribution >= 0.6 is 11.3 Å². The predicted octanol–water partition coefficient (Wildman–Crippen LogP) is 2.62. The highest BCUT2D eigenvalue weighted by molar-refractivity contribution is 7.14. The number of fused-ring (bicyclic) bond motifs is 2. The molecule has 2 saturated heterocycles. The van der Waals surface area contributed by atoms with Crippen LogP contribution in [0.1, 0.15) is 33.8 Å². The molecule has 2 aliphatic rings. The second-order valence-electron chi connectivity index (χ2n) is 5.52. The first-order valence-corrected chi connectivity index (χ1v) is 7.96. The lowest BCUT2D eigenvalue weighted by atomic mass is 10.1. The number of hydrogen-bond acceptors (Lipinski definition) is 4. The molecule has 2 aliphatic heterocycles. The SMILES string of the molecule is Cc1cc(OC(F)F)c(C(=O)N2C3CCNCC2CC3)s1. The lowest BCUT2D eigenvalue weighted by molar-refractivity contribution is -0.0499. The molecule has 116 valence electrons. The van der Waals surface area contributed by atoms with Crippen molar-refractivity contribution in [2.24, 2.45) is 0 Å². The Kier molecular flexibility index (Phi) is 4.12. The van der Waals surface area contributed by atoms with Gasteiger partial charge in [0, 0.05) is 23.5 Å². The average molecular weight is 316 g/mol. The molecule has 1 N–H and O–H groups in total. The number of hydrogen-bond donors (Lipinski definition) is 1. The van der Waals surface area contributed by atoms with Gasteiger partial charge in [0.05, 0.1) is 0 Å². The molecule has 2 unspecified atom stereocenters. The minimum atomic E-state index is -2.91. The zero-order valence-electron chi connectivity index (χ0n) is 11.8. The Bertz CT molecular complexity index is 521. The fraction of sp³-hybridized carbons (Fsp3) is 0.643. The number of thiophene rings is 1. The van der Waals surface area contributed by atoms with Crippen LogP contribution in [-0.4, -0.2) is 42.6 Å². The van der Waals surface area contributed by atoms with E-state index in [4.69, 9.17) is 0 Å². The summed E-state index contributed by atoms with van der Waals surface area (Å²) in [7, 11) is 0. The molecule has 0 radical (unpaired) electrons. The Hall–Kier alpha value is -1.21. The summed E-state index contributed by atoms with van der Waals surface area (Å²) in [6.45, 7) is 0.554. The van der Waals surface area contributed by atoms with Gasteiger partial charge in [-0.05, 0) is 38.8 Å². The number of nitrogens with one attached hydrogen (secondary N) is 1. The number of alkyl halides is 2. The van der Waals surface area contributed by atoms with E-state index in [1.54, 1.807) is 6.92 Å². The molecule has 1 aromatic rings. The van der Waals surface area contributed by atoms with Gasteiger partial charge in [-0.2, -0.15) is 8.78 Å². The van der Waals surface area contributed by atoms with Crippen LogP contribution in [0.15, 0.2) is 6.07 Å². The zero-order chi connectivity index (χ0) is 15.0. The summed E-state index contributed by atoms with van der Waals surface area (Å²) in [5, 5.41) is 3.33. The molecule has 3 rings (SSSR count). The quantitative estimate of drug-likeness (QED) is 0.932. The molecule has 7 heteroatoms. The van der Waals surface area contributed by atoms with Crippen LogP contribution in [0.2, 0.25) is 0 Å². The van der Waals surface area contributed by atoms with E-state index in [1.807, 2.05) is 4.90 Å². The summed E-state index contributed by atoms with van der Waals surface area (Å²) < 4.78 is 29.5. The maximum atomic E-state index is 12.8. The van der Waals surface area contributed by atoms with E-state index >= 15 is 0 Å². The molecule has 0 spiro atoms. The fourth-order valence-electron chi connectivity index (χ4n) is 3.25. The highest BCUT2D eigenvalue weighted by Crippen LogP contribution is 2.36. The standard InChI is InChI=1S/C14H18F2N2O2S/c1-8-6-11(20-14(15)16)12(21-8)13(19)18-9-2-3-10(18)7-17-5-4-9/h6,9-10,14,17H,2-5,7H2,1H3. The van der Waals surface area contributed by atoms with Crippen molar-refractivity contribution in [2.75, 3.05) is 13.1 Å². The number of carbonyl (C=O) groups excluding carboxylic acids is 1. The third kappa shape index (κ3) is 2.89. The fourth-order valence-corrected chi connectivity index (χ4v) is 4.14. The van der Waals surface area contributed by atoms with Crippen molar-refractivity contribution in [3.05, 3.63) is 15.8 Å². The average Bonchev–Trinajstić information content (AvgIpc) is 2.87. The van der Waals surface area contributed by atoms with Crippen LogP contribution in [0.25, 0.3) is 0 Å². The van der Waals surface area contributed by atoms with Gasteiger partial charge < -0.3 is 15.0 Å². The molecular weight excluding hydrogens is 298 g/mol. The van der Waals surface area contributed by atoms with Crippen LogP contribution in [0.4, 0.5) is 8.78 Å². The van der Waals surface area contributed by atoms with Gasteiger partial charge in [-0.3, -0.25) is 4.79 Å². The third-order valence-corrected chi connectivity index (χ3v) is 5.14. The Morgan fingerprint density at radius 1 is 1.43 bits per heavy atom. The Morgan fingerprint density at radius 2 is 2.19 bits per heavy atom. The highest BCUT2D eigenvalue weighted by atomic mass is 32.1. The van der Waals surface area contributed by atoms with Gasteiger partial charge in [-0.25, -0.2) is 0 Å². The van der Waals surface area contributed by atoms with Gasteiger partial charge in [0.15, 0.2) is 0 Å². The van der Waals surface area contributed by atoms with Crippen molar-refractivity contribution in [1.29, 1.82) is 0 Å². The number of ether oxygens (including phenoxy) is 1. The van der Waals surface area contributed by atoms with Crippen molar-refractivity contribution >= 4 is 17.2 Å². The smallest absolute Gasteiger partial charge is 0.387 e. The number of rotatable bonds is 3. The first kappa shape index (κ1) is 14.7. The van der Waals surface area contributed by atoms with E-state index in [1.165, 1.54) is 17.4 Å². The molecule has 2 fully saturated rings. The van der Waals surface area contributed by atoms with E-state index < -0.39 is 6.61 Å². The predicted molar refractivity (Wildman–Crippen MR) is 76.2 cm³/mol. The van der Waals surface area contributed by atoms with Crippen molar-refractivity contribution < 1.29 is 18.3 Å². The van der Waals surface area contributed by atoms with Crippen molar-refractivity contribution in [2.45, 2.75) is 44.9 Å². The van der Waals surface area contributed by atoms with Crippen molar-refractivity contribution in [3.8, 4) is 5.75 Å². The Labute approximate surface area is 126 Å². The summed E-state index contributed by atoms with van der Waals surface area (Å²) in [6, 6.07) is 1.88. The number of nitrogens with zero attached hydrogens (tertiary/aromatic N) is 1. The van der Waals surface area contributed by atoms with E-state index in [9.17, 15) is 13.6 Å². The molecule has 2 atom stereocenters. The van der Waals surface area contributed by atoms with E-state index in [2.05, 4.69) is 10.1 Å². The molecule has 21 heavy (non-hydrogen) atoms. The van der Waals surface area contributed by atoms with Gasteiger partial charge in [0.1, 0.15) is 10.6 Å². The zero-order valence-corrected chi connectivity index (χ0v) is 12.6. The monoisotopic (exact) mass is 316 g/mol. The van der Waals surface area contributed by atoms with E-state index in [0.717, 1.165) is 37.2 Å². The Balaban J connectivity index is 1.88. The van der Waals surface area contributed by atoms with Crippen LogP contribution in [0.3, 0.4) is 0 Å². The molecule has 0 aliphatic carbocycles. The minimum absolute atomic E-state index is 0.00843. The first-order chi connectivity index (χ1) is 10.1. The number of amides is 1. The van der Waals surface area contributed by atoms with Crippen molar-refractivity contribution in [1.82, 2.24) is 10.2 Å². The molecule has 1 amide bonds. The lowest BCUT2D eigenvalue weighted by Crippen LogP contribution is -2.42. The van der Waals surface area contributed by atoms with E-state index in [0.29, 0.717) is 4.88 Å². The van der Waals surface area contributed by atoms with Gasteiger partial charge >= 0.3 is 6.61 Å². The second kappa shape index (κ2) is 5.88. The molecule has 1 aromatic heterocycles. The summed E-state index contributed by atoms with van der Waals surface area (Å²) in [4.78, 5) is 15.8. The molecule has 4 nitrogen and oxygen atoms in total. The topological polar surface area (TPSA) is 41.6 Å². The third-order valence-electron chi connectivity index (χ3n) is 4.12. The maximum absolute atomic E-state index is 12.8. The number of aryl methyl sites for hydroxylation is 1. The number of halogens is 2. The summed E-state index contributed by atoms with van der Waals surface area (Å²) in [6.07, 6.45) is 2.88. The minimum Gasteiger partial charge on any atom is -0.433 e. The highest BCUT2D eigenvalue weighted by Gasteiger charge is 2.39. The summed E-state index contributed by atoms with van der Waals surface area (Å²) in [5.41, 5.74) is 0. The molecule has 2 bridgehead atoms. The molecule has 0 aromatic carbocycles. The summed E-state index contributed by atoms with van der Waals surface area (Å²) >= 11 is 1.23. The van der Waals surface area contributed by atoms with Gasteiger partial charge in [-0.1, -0.05) is 0 Å². The van der Waals surface area contributed by atoms with Crippen LogP contribution in [0, 0.1) is 6.92 Å². The first-order valence-electron chi connectivity index (χ1n) is 7.15. The largest absolute Gasteiger partial charge is 0.433 e. The maximum Gasteiger partial charge on any atom is 0.387 e. The van der Waals surface area contributed by atoms with Crippen molar-refractivity contribution in [3.63, 3.8) is 0 Å². The van der Waals surface area contributed by atoms with Gasteiger partial charge in [0.2, 0.25) is 0 Å². The Morgan fingerprint density at radius 3 is 2.95 bits per heavy atom. The van der Waals surface area contributed by atoms with Gasteiger partial charge in [0.25, 0.3) is 5.91 Å². The molecular formula is C14H18F2N2O2S. The summed E-state index contributed by atoms with van der Waals surface area (Å²) in [5.74, 6) is -0.158. The van der Waals surface area contributed by atoms with Crippen LogP contribution < -0.4 is 10.1 Å². The van der Waals surface area contributed by atoms with Crippen LogP contribution in [0.5, 0.6) is 5.75 Å². The number of carbonyl (C=O) groups is 1. The van der Waals surface area contributed by atoms with Gasteiger partial charge in [-0.15, -0.1) is 11.3 Å². The normalized spacial score (nSPS) is 25.2. The molecule has 0 saturated carbocycles. The van der Waals surface area contributed by atoms with Crippen LogP contribution in [-0.2, 0) is 0 Å². The van der Waals surface area contributed by atoms with E-state index in [-0.39, 0.29) is 23.7 Å². The lowest BCUT2D eigenvalue weighted by Gasteiger charge is -2.27. The molecule has 3 heterocycles.